The lowest BCUT2D eigenvalue weighted by molar-refractivity contribution is -0.129. The summed E-state index contributed by atoms with van der Waals surface area (Å²) in [6, 6.07) is 0. The average molecular weight is 144 g/mol. The molecule has 0 radical (unpaired) electrons. The lowest BCUT2D eigenvalue weighted by Crippen LogP contribution is -2.26. The van der Waals surface area contributed by atoms with Gasteiger partial charge in [-0.3, -0.25) is 0 Å². The van der Waals surface area contributed by atoms with E-state index in [2.05, 4.69) is 0 Å². The highest BCUT2D eigenvalue weighted by atomic mass is 16.7. The van der Waals surface area contributed by atoms with Crippen molar-refractivity contribution in [2.75, 3.05) is 13.2 Å². The third-order valence-corrected chi connectivity index (χ3v) is 1.25. The van der Waals surface area contributed by atoms with E-state index in [9.17, 15) is 0 Å². The number of aliphatic hydroxyl groups is 1. The molecule has 0 aliphatic carbocycles. The summed E-state index contributed by atoms with van der Waals surface area (Å²) < 4.78 is 10.2. The van der Waals surface area contributed by atoms with Crippen LogP contribution in [0.3, 0.4) is 0 Å². The summed E-state index contributed by atoms with van der Waals surface area (Å²) in [6.07, 6.45) is 2.69. The Hall–Kier alpha value is -0.380. The van der Waals surface area contributed by atoms with Crippen molar-refractivity contribution in [3.05, 3.63) is 12.2 Å². The van der Waals surface area contributed by atoms with E-state index in [0.717, 1.165) is 0 Å². The Morgan fingerprint density at radius 3 is 3.00 bits per heavy atom. The van der Waals surface area contributed by atoms with Crippen LogP contribution in [0.25, 0.3) is 0 Å². The molecular formula is C7H12O3. The molecule has 0 bridgehead atoms. The molecule has 0 spiro atoms. The molecule has 1 aliphatic heterocycles. The van der Waals surface area contributed by atoms with Gasteiger partial charge in [-0.2, -0.15) is 0 Å². The molecule has 0 aromatic heterocycles. The Morgan fingerprint density at radius 2 is 2.50 bits per heavy atom. The third-order valence-electron chi connectivity index (χ3n) is 1.25. The van der Waals surface area contributed by atoms with Gasteiger partial charge in [0.25, 0.3) is 0 Å². The van der Waals surface area contributed by atoms with Crippen LogP contribution >= 0.6 is 0 Å². The SMILES string of the molecule is CCO[C@@H]1C=C[C@@H](O)CO1. The molecule has 0 saturated heterocycles. The Balaban J connectivity index is 2.30. The molecule has 0 aromatic rings. The van der Waals surface area contributed by atoms with Crippen LogP contribution in [-0.2, 0) is 9.47 Å². The van der Waals surface area contributed by atoms with Gasteiger partial charge in [0, 0.05) is 6.61 Å². The summed E-state index contributed by atoms with van der Waals surface area (Å²) in [5, 5.41) is 8.93. The average Bonchev–Trinajstić information content (AvgIpc) is 1.95. The molecular weight excluding hydrogens is 132 g/mol. The molecule has 1 rings (SSSR count). The van der Waals surface area contributed by atoms with E-state index in [0.29, 0.717) is 13.2 Å². The molecule has 0 amide bonds. The van der Waals surface area contributed by atoms with Crippen LogP contribution in [0.15, 0.2) is 12.2 Å². The van der Waals surface area contributed by atoms with Gasteiger partial charge >= 0.3 is 0 Å². The van der Waals surface area contributed by atoms with E-state index in [1.165, 1.54) is 0 Å². The zero-order valence-electron chi connectivity index (χ0n) is 5.99. The van der Waals surface area contributed by atoms with Gasteiger partial charge in [-0.1, -0.05) is 6.08 Å². The number of ether oxygens (including phenoxy) is 2. The van der Waals surface area contributed by atoms with Gasteiger partial charge in [0.05, 0.1) is 12.7 Å². The predicted molar refractivity (Wildman–Crippen MR) is 36.5 cm³/mol. The zero-order chi connectivity index (χ0) is 7.40. The van der Waals surface area contributed by atoms with Crippen LogP contribution in [0, 0.1) is 0 Å². The fourth-order valence-electron chi connectivity index (χ4n) is 0.791. The van der Waals surface area contributed by atoms with Crippen molar-refractivity contribution in [3.8, 4) is 0 Å². The van der Waals surface area contributed by atoms with Gasteiger partial charge in [0.1, 0.15) is 0 Å². The van der Waals surface area contributed by atoms with E-state index >= 15 is 0 Å². The minimum absolute atomic E-state index is 0.256. The van der Waals surface area contributed by atoms with E-state index in [4.69, 9.17) is 14.6 Å². The number of hydrogen-bond acceptors (Lipinski definition) is 3. The van der Waals surface area contributed by atoms with Crippen molar-refractivity contribution >= 4 is 0 Å². The normalized spacial score (nSPS) is 32.6. The summed E-state index contributed by atoms with van der Waals surface area (Å²) in [5.41, 5.74) is 0. The topological polar surface area (TPSA) is 38.7 Å². The molecule has 58 valence electrons. The van der Waals surface area contributed by atoms with Crippen LogP contribution < -0.4 is 0 Å². The summed E-state index contributed by atoms with van der Waals surface area (Å²) >= 11 is 0. The first-order chi connectivity index (χ1) is 4.83. The second-order valence-electron chi connectivity index (χ2n) is 2.11. The zero-order valence-corrected chi connectivity index (χ0v) is 5.99. The first-order valence-electron chi connectivity index (χ1n) is 3.42. The highest BCUT2D eigenvalue weighted by molar-refractivity contribution is 4.94. The van der Waals surface area contributed by atoms with Crippen molar-refractivity contribution in [2.45, 2.75) is 19.3 Å². The van der Waals surface area contributed by atoms with Crippen molar-refractivity contribution in [3.63, 3.8) is 0 Å². The van der Waals surface area contributed by atoms with Gasteiger partial charge in [-0.05, 0) is 13.0 Å². The Bertz CT molecular complexity index is 122. The second kappa shape index (κ2) is 3.71. The molecule has 10 heavy (non-hydrogen) atoms. The molecule has 0 aromatic carbocycles. The van der Waals surface area contributed by atoms with E-state index in [1.54, 1.807) is 12.2 Å². The molecule has 0 fully saturated rings. The largest absolute Gasteiger partial charge is 0.387 e. The van der Waals surface area contributed by atoms with Gasteiger partial charge in [0.2, 0.25) is 0 Å². The van der Waals surface area contributed by atoms with Crippen LogP contribution in [0.5, 0.6) is 0 Å². The summed E-state index contributed by atoms with van der Waals surface area (Å²) in [4.78, 5) is 0. The van der Waals surface area contributed by atoms with Gasteiger partial charge in [-0.25, -0.2) is 0 Å². The lowest BCUT2D eigenvalue weighted by Gasteiger charge is -2.19. The van der Waals surface area contributed by atoms with Crippen molar-refractivity contribution in [1.29, 1.82) is 0 Å². The van der Waals surface area contributed by atoms with Crippen molar-refractivity contribution in [1.82, 2.24) is 0 Å². The second-order valence-corrected chi connectivity index (χ2v) is 2.11. The highest BCUT2D eigenvalue weighted by Gasteiger charge is 2.12. The third kappa shape index (κ3) is 2.10. The summed E-state index contributed by atoms with van der Waals surface area (Å²) in [6.45, 7) is 2.87. The maximum atomic E-state index is 8.93. The number of hydrogen-bond donors (Lipinski definition) is 1. The Kier molecular flexibility index (Phi) is 2.86. The maximum absolute atomic E-state index is 8.93. The molecule has 1 aliphatic rings. The fourth-order valence-corrected chi connectivity index (χ4v) is 0.791. The summed E-state index contributed by atoms with van der Waals surface area (Å²) in [7, 11) is 0. The molecule has 3 heteroatoms. The van der Waals surface area contributed by atoms with Gasteiger partial charge in [-0.15, -0.1) is 0 Å². The minimum atomic E-state index is -0.461. The van der Waals surface area contributed by atoms with Crippen molar-refractivity contribution in [2.24, 2.45) is 0 Å². The van der Waals surface area contributed by atoms with Gasteiger partial charge < -0.3 is 14.6 Å². The first-order valence-corrected chi connectivity index (χ1v) is 3.42. The molecule has 0 saturated carbocycles. The Morgan fingerprint density at radius 1 is 1.70 bits per heavy atom. The van der Waals surface area contributed by atoms with E-state index < -0.39 is 6.10 Å². The molecule has 3 nitrogen and oxygen atoms in total. The minimum Gasteiger partial charge on any atom is -0.387 e. The molecule has 1 heterocycles. The quantitative estimate of drug-likeness (QED) is 0.566. The molecule has 0 unspecified atom stereocenters. The van der Waals surface area contributed by atoms with E-state index in [1.807, 2.05) is 6.92 Å². The predicted octanol–water partition coefficient (Wildman–Crippen LogP) is 0.296. The number of aliphatic hydroxyl groups excluding tert-OH is 1. The first kappa shape index (κ1) is 7.72. The fraction of sp³-hybridized carbons (Fsp3) is 0.714. The standard InChI is InChI=1S/C7H12O3/c1-2-9-7-4-3-6(8)5-10-7/h3-4,6-8H,2,5H2,1H3/t6-,7+/m1/s1. The maximum Gasteiger partial charge on any atom is 0.177 e. The van der Waals surface area contributed by atoms with Crippen LogP contribution in [-0.4, -0.2) is 30.7 Å². The van der Waals surface area contributed by atoms with Gasteiger partial charge in [0.15, 0.2) is 6.29 Å². The highest BCUT2D eigenvalue weighted by Crippen LogP contribution is 2.05. The lowest BCUT2D eigenvalue weighted by atomic mass is 10.3. The summed E-state index contributed by atoms with van der Waals surface area (Å²) in [5.74, 6) is 0. The van der Waals surface area contributed by atoms with Crippen LogP contribution in [0.2, 0.25) is 0 Å². The number of rotatable bonds is 2. The van der Waals surface area contributed by atoms with E-state index in [-0.39, 0.29) is 6.29 Å². The van der Waals surface area contributed by atoms with Crippen LogP contribution in [0.4, 0.5) is 0 Å². The molecule has 2 atom stereocenters. The van der Waals surface area contributed by atoms with Crippen molar-refractivity contribution < 1.29 is 14.6 Å². The monoisotopic (exact) mass is 144 g/mol. The smallest absolute Gasteiger partial charge is 0.177 e. The van der Waals surface area contributed by atoms with Crippen LogP contribution in [0.1, 0.15) is 6.92 Å². The Labute approximate surface area is 60.3 Å². The molecule has 1 N–H and O–H groups in total.